The highest BCUT2D eigenvalue weighted by molar-refractivity contribution is 7.09. The summed E-state index contributed by atoms with van der Waals surface area (Å²) < 4.78 is 0. The van der Waals surface area contributed by atoms with E-state index in [0.29, 0.717) is 0 Å². The van der Waals surface area contributed by atoms with E-state index < -0.39 is 0 Å². The molecule has 0 radical (unpaired) electrons. The van der Waals surface area contributed by atoms with E-state index in [-0.39, 0.29) is 0 Å². The minimum Gasteiger partial charge on any atom is -0.249 e. The number of aryl methyl sites for hydroxylation is 2. The van der Waals surface area contributed by atoms with Crippen LogP contribution in [0.1, 0.15) is 23.9 Å². The van der Waals surface area contributed by atoms with Gasteiger partial charge in [-0.2, -0.15) is 0 Å². The molecule has 1 aromatic rings. The van der Waals surface area contributed by atoms with E-state index in [4.69, 9.17) is 0 Å². The van der Waals surface area contributed by atoms with Crippen molar-refractivity contribution in [2.45, 2.75) is 26.7 Å². The lowest BCUT2D eigenvalue weighted by atomic mass is 10.2. The second-order valence-corrected chi connectivity index (χ2v) is 3.16. The Morgan fingerprint density at radius 3 is 2.89 bits per heavy atom. The first kappa shape index (κ1) is 6.75. The fourth-order valence-corrected chi connectivity index (χ4v) is 1.43. The standard InChI is InChI=1S/C7H11NS/c1-3-4-7-6(2)9-5-8-7/h5H,3-4H2,1-2H3. The average molecular weight is 141 g/mol. The molecule has 0 aliphatic heterocycles. The van der Waals surface area contributed by atoms with Gasteiger partial charge in [-0.3, -0.25) is 0 Å². The maximum atomic E-state index is 4.22. The summed E-state index contributed by atoms with van der Waals surface area (Å²) in [6, 6.07) is 0. The summed E-state index contributed by atoms with van der Waals surface area (Å²) in [7, 11) is 0. The first-order valence-electron chi connectivity index (χ1n) is 3.23. The number of hydrogen-bond acceptors (Lipinski definition) is 2. The molecular weight excluding hydrogens is 130 g/mol. The molecule has 0 aromatic carbocycles. The largest absolute Gasteiger partial charge is 0.249 e. The number of hydrogen-bond donors (Lipinski definition) is 0. The second-order valence-electron chi connectivity index (χ2n) is 2.11. The molecule has 0 aliphatic carbocycles. The summed E-state index contributed by atoms with van der Waals surface area (Å²) in [6.07, 6.45) is 2.33. The van der Waals surface area contributed by atoms with Gasteiger partial charge in [0.2, 0.25) is 0 Å². The van der Waals surface area contributed by atoms with Crippen molar-refractivity contribution in [2.24, 2.45) is 0 Å². The van der Waals surface area contributed by atoms with E-state index in [1.54, 1.807) is 11.3 Å². The Balaban J connectivity index is 2.69. The van der Waals surface area contributed by atoms with Gasteiger partial charge in [0.05, 0.1) is 11.2 Å². The Labute approximate surface area is 59.8 Å². The average Bonchev–Trinajstić information content (AvgIpc) is 2.18. The van der Waals surface area contributed by atoms with Crippen molar-refractivity contribution < 1.29 is 0 Å². The van der Waals surface area contributed by atoms with Crippen molar-refractivity contribution in [1.29, 1.82) is 0 Å². The molecule has 0 unspecified atom stereocenters. The van der Waals surface area contributed by atoms with Crippen molar-refractivity contribution in [2.75, 3.05) is 0 Å². The van der Waals surface area contributed by atoms with Crippen molar-refractivity contribution in [3.63, 3.8) is 0 Å². The Morgan fingerprint density at radius 1 is 1.67 bits per heavy atom. The third-order valence-electron chi connectivity index (χ3n) is 1.33. The minimum absolute atomic E-state index is 1.13. The van der Waals surface area contributed by atoms with Crippen molar-refractivity contribution >= 4 is 11.3 Å². The first-order chi connectivity index (χ1) is 4.34. The monoisotopic (exact) mass is 141 g/mol. The summed E-state index contributed by atoms with van der Waals surface area (Å²) in [5.41, 5.74) is 3.20. The Hall–Kier alpha value is -0.370. The van der Waals surface area contributed by atoms with Crippen LogP contribution in [0.2, 0.25) is 0 Å². The Bertz CT molecular complexity index is 181. The number of thiazole rings is 1. The van der Waals surface area contributed by atoms with Crippen LogP contribution < -0.4 is 0 Å². The predicted octanol–water partition coefficient (Wildman–Crippen LogP) is 2.40. The lowest BCUT2D eigenvalue weighted by Crippen LogP contribution is -1.83. The third kappa shape index (κ3) is 1.52. The zero-order valence-corrected chi connectivity index (χ0v) is 6.66. The maximum Gasteiger partial charge on any atom is 0.0797 e. The molecule has 0 atom stereocenters. The smallest absolute Gasteiger partial charge is 0.0797 e. The molecule has 9 heavy (non-hydrogen) atoms. The minimum atomic E-state index is 1.13. The normalized spacial score (nSPS) is 10.0. The van der Waals surface area contributed by atoms with E-state index in [2.05, 4.69) is 18.8 Å². The van der Waals surface area contributed by atoms with Gasteiger partial charge in [-0.05, 0) is 13.3 Å². The molecule has 0 saturated heterocycles. The van der Waals surface area contributed by atoms with Crippen LogP contribution in [0, 0.1) is 6.92 Å². The van der Waals surface area contributed by atoms with Gasteiger partial charge in [0, 0.05) is 4.88 Å². The van der Waals surface area contributed by atoms with Gasteiger partial charge >= 0.3 is 0 Å². The second kappa shape index (κ2) is 2.97. The quantitative estimate of drug-likeness (QED) is 0.616. The summed E-state index contributed by atoms with van der Waals surface area (Å²) >= 11 is 1.73. The molecule has 1 nitrogen and oxygen atoms in total. The molecular formula is C7H11NS. The molecule has 0 spiro atoms. The first-order valence-corrected chi connectivity index (χ1v) is 4.11. The third-order valence-corrected chi connectivity index (χ3v) is 2.13. The van der Waals surface area contributed by atoms with Crippen LogP contribution >= 0.6 is 11.3 Å². The van der Waals surface area contributed by atoms with Crippen LogP contribution in [0.3, 0.4) is 0 Å². The topological polar surface area (TPSA) is 12.9 Å². The van der Waals surface area contributed by atoms with Gasteiger partial charge in [0.25, 0.3) is 0 Å². The highest BCUT2D eigenvalue weighted by Gasteiger charge is 1.97. The van der Waals surface area contributed by atoms with Crippen LogP contribution in [0.5, 0.6) is 0 Å². The Kier molecular flexibility index (Phi) is 2.22. The summed E-state index contributed by atoms with van der Waals surface area (Å²) in [6.45, 7) is 4.31. The highest BCUT2D eigenvalue weighted by atomic mass is 32.1. The van der Waals surface area contributed by atoms with E-state index in [1.807, 2.05) is 5.51 Å². The molecule has 0 saturated carbocycles. The fraction of sp³-hybridized carbons (Fsp3) is 0.571. The maximum absolute atomic E-state index is 4.22. The molecule has 50 valence electrons. The van der Waals surface area contributed by atoms with Crippen LogP contribution in [0.4, 0.5) is 0 Å². The SMILES string of the molecule is CCCc1ncsc1C. The van der Waals surface area contributed by atoms with Crippen LogP contribution in [0.15, 0.2) is 5.51 Å². The molecule has 0 aliphatic rings. The van der Waals surface area contributed by atoms with Crippen LogP contribution in [-0.4, -0.2) is 4.98 Å². The molecule has 0 amide bonds. The van der Waals surface area contributed by atoms with Gasteiger partial charge in [-0.15, -0.1) is 11.3 Å². The molecule has 0 fully saturated rings. The van der Waals surface area contributed by atoms with Gasteiger partial charge in [-0.1, -0.05) is 13.3 Å². The van der Waals surface area contributed by atoms with Crippen LogP contribution in [-0.2, 0) is 6.42 Å². The predicted molar refractivity (Wildman–Crippen MR) is 40.8 cm³/mol. The summed E-state index contributed by atoms with van der Waals surface area (Å²) in [5.74, 6) is 0. The number of aromatic nitrogens is 1. The van der Waals surface area contributed by atoms with E-state index in [1.165, 1.54) is 17.0 Å². The lowest BCUT2D eigenvalue weighted by molar-refractivity contribution is 0.885. The number of rotatable bonds is 2. The van der Waals surface area contributed by atoms with Crippen molar-refractivity contribution in [3.8, 4) is 0 Å². The molecule has 0 N–H and O–H groups in total. The molecule has 1 rings (SSSR count). The number of nitrogens with zero attached hydrogens (tertiary/aromatic N) is 1. The molecule has 2 heteroatoms. The molecule has 1 aromatic heterocycles. The van der Waals surface area contributed by atoms with Gasteiger partial charge in [0.15, 0.2) is 0 Å². The van der Waals surface area contributed by atoms with Gasteiger partial charge < -0.3 is 0 Å². The summed E-state index contributed by atoms with van der Waals surface area (Å²) in [5, 5.41) is 0. The molecule has 1 heterocycles. The molecule has 0 bridgehead atoms. The van der Waals surface area contributed by atoms with Gasteiger partial charge in [0.1, 0.15) is 0 Å². The van der Waals surface area contributed by atoms with E-state index >= 15 is 0 Å². The zero-order valence-electron chi connectivity index (χ0n) is 5.85. The van der Waals surface area contributed by atoms with Crippen molar-refractivity contribution in [3.05, 3.63) is 16.1 Å². The summed E-state index contributed by atoms with van der Waals surface area (Å²) in [4.78, 5) is 5.60. The highest BCUT2D eigenvalue weighted by Crippen LogP contribution is 2.12. The zero-order chi connectivity index (χ0) is 6.69. The van der Waals surface area contributed by atoms with Gasteiger partial charge in [-0.25, -0.2) is 4.98 Å². The van der Waals surface area contributed by atoms with Crippen LogP contribution in [0.25, 0.3) is 0 Å². The Morgan fingerprint density at radius 2 is 2.44 bits per heavy atom. The van der Waals surface area contributed by atoms with E-state index in [9.17, 15) is 0 Å². The lowest BCUT2D eigenvalue weighted by Gasteiger charge is -1.90. The van der Waals surface area contributed by atoms with E-state index in [0.717, 1.165) is 6.42 Å². The van der Waals surface area contributed by atoms with Crippen molar-refractivity contribution in [1.82, 2.24) is 4.98 Å². The fourth-order valence-electron chi connectivity index (χ4n) is 0.805.